The number of fused-ring (bicyclic) bond motifs is 1. The van der Waals surface area contributed by atoms with Gasteiger partial charge >= 0.3 is 0 Å². The van der Waals surface area contributed by atoms with Crippen LogP contribution >= 0.6 is 0 Å². The molecule has 1 aliphatic carbocycles. The van der Waals surface area contributed by atoms with Gasteiger partial charge in [-0.05, 0) is 30.7 Å². The van der Waals surface area contributed by atoms with Gasteiger partial charge in [-0.15, -0.1) is 0 Å². The molecule has 25 heavy (non-hydrogen) atoms. The van der Waals surface area contributed by atoms with Crippen LogP contribution < -0.4 is 10.6 Å². The van der Waals surface area contributed by atoms with Gasteiger partial charge in [0.05, 0.1) is 6.04 Å². The van der Waals surface area contributed by atoms with Crippen molar-refractivity contribution in [2.24, 2.45) is 5.92 Å². The molecule has 0 bridgehead atoms. The zero-order chi connectivity index (χ0) is 17.6. The normalized spacial score (nSPS) is 25.2. The highest BCUT2D eigenvalue weighted by atomic mass is 16.2. The van der Waals surface area contributed by atoms with Crippen molar-refractivity contribution in [2.45, 2.75) is 57.2 Å². The molecule has 0 spiro atoms. The number of rotatable bonds is 6. The summed E-state index contributed by atoms with van der Waals surface area (Å²) in [6.45, 7) is 1.01. The Morgan fingerprint density at radius 2 is 1.96 bits per heavy atom. The number of carbonyl (C=O) groups excluding carboxylic acids is 2. The van der Waals surface area contributed by atoms with Gasteiger partial charge in [0.2, 0.25) is 11.8 Å². The topological polar surface area (TPSA) is 61.4 Å². The van der Waals surface area contributed by atoms with E-state index < -0.39 is 0 Å². The minimum atomic E-state index is -0.0785. The maximum atomic E-state index is 12.3. The lowest BCUT2D eigenvalue weighted by Crippen LogP contribution is -2.44. The van der Waals surface area contributed by atoms with Crippen LogP contribution in [0.3, 0.4) is 0 Å². The van der Waals surface area contributed by atoms with E-state index in [0.717, 1.165) is 12.0 Å². The Kier molecular flexibility index (Phi) is 6.08. The number of carbonyl (C=O) groups is 2. The highest BCUT2D eigenvalue weighted by Gasteiger charge is 2.37. The molecule has 2 amide bonds. The summed E-state index contributed by atoms with van der Waals surface area (Å²) in [5.74, 6) is 0.758. The first kappa shape index (κ1) is 17.9. The molecule has 3 atom stereocenters. The number of hydrogen-bond donors (Lipinski definition) is 2. The van der Waals surface area contributed by atoms with Gasteiger partial charge in [-0.1, -0.05) is 43.2 Å². The van der Waals surface area contributed by atoms with Crippen molar-refractivity contribution >= 4 is 11.8 Å². The Hall–Kier alpha value is -1.88. The minimum absolute atomic E-state index is 0.0490. The van der Waals surface area contributed by atoms with Crippen LogP contribution in [0.1, 0.15) is 44.1 Å². The fraction of sp³-hybridized carbons (Fsp3) is 0.600. The molecule has 1 aromatic rings. The first-order chi connectivity index (χ1) is 12.1. The number of nitrogens with one attached hydrogen (secondary N) is 2. The maximum Gasteiger partial charge on any atom is 0.237 e. The van der Waals surface area contributed by atoms with Crippen LogP contribution in [0.25, 0.3) is 0 Å². The standard InChI is InChI=1S/C20H29N3O2/c1-23(14-15-7-3-2-4-8-15)19(24)11-12-21-20(25)18-13-16-9-5-6-10-17(16)22-18/h2-4,7-8,16-18,22H,5-6,9-14H2,1H3,(H,21,25). The number of benzene rings is 1. The number of nitrogens with zero attached hydrogens (tertiary/aromatic N) is 1. The van der Waals surface area contributed by atoms with Gasteiger partial charge in [-0.2, -0.15) is 0 Å². The van der Waals surface area contributed by atoms with E-state index in [-0.39, 0.29) is 17.9 Å². The monoisotopic (exact) mass is 343 g/mol. The van der Waals surface area contributed by atoms with Gasteiger partial charge in [0.1, 0.15) is 0 Å². The third-order valence-electron chi connectivity index (χ3n) is 5.51. The van der Waals surface area contributed by atoms with Gasteiger partial charge in [-0.25, -0.2) is 0 Å². The summed E-state index contributed by atoms with van der Waals surface area (Å²) in [5.41, 5.74) is 1.11. The molecule has 1 saturated carbocycles. The predicted octanol–water partition coefficient (Wildman–Crippen LogP) is 2.07. The van der Waals surface area contributed by atoms with Crippen molar-refractivity contribution in [3.63, 3.8) is 0 Å². The van der Waals surface area contributed by atoms with Crippen molar-refractivity contribution in [2.75, 3.05) is 13.6 Å². The van der Waals surface area contributed by atoms with Crippen LogP contribution in [0.4, 0.5) is 0 Å². The first-order valence-corrected chi connectivity index (χ1v) is 9.45. The summed E-state index contributed by atoms with van der Waals surface area (Å²) in [7, 11) is 1.81. The summed E-state index contributed by atoms with van der Waals surface area (Å²) < 4.78 is 0. The highest BCUT2D eigenvalue weighted by Crippen LogP contribution is 2.33. The molecule has 2 aliphatic rings. The molecule has 0 aromatic heterocycles. The van der Waals surface area contributed by atoms with Gasteiger partial charge < -0.3 is 15.5 Å². The molecule has 5 heteroatoms. The second kappa shape index (κ2) is 8.48. The van der Waals surface area contributed by atoms with Crippen LogP contribution in [0.5, 0.6) is 0 Å². The average molecular weight is 343 g/mol. The molecule has 3 rings (SSSR count). The Bertz CT molecular complexity index is 576. The molecule has 1 heterocycles. The molecule has 1 aliphatic heterocycles. The zero-order valence-electron chi connectivity index (χ0n) is 15.0. The van der Waals surface area contributed by atoms with Crippen LogP contribution in [0.2, 0.25) is 0 Å². The maximum absolute atomic E-state index is 12.3. The zero-order valence-corrected chi connectivity index (χ0v) is 15.0. The third-order valence-corrected chi connectivity index (χ3v) is 5.51. The third kappa shape index (κ3) is 4.82. The van der Waals surface area contributed by atoms with E-state index in [1.54, 1.807) is 11.9 Å². The van der Waals surface area contributed by atoms with Crippen LogP contribution in [-0.2, 0) is 16.1 Å². The Balaban J connectivity index is 1.37. The highest BCUT2D eigenvalue weighted by molar-refractivity contribution is 5.83. The fourth-order valence-electron chi connectivity index (χ4n) is 4.07. The summed E-state index contributed by atoms with van der Waals surface area (Å²) in [6, 6.07) is 10.4. The van der Waals surface area contributed by atoms with E-state index in [0.29, 0.717) is 31.5 Å². The fourth-order valence-corrected chi connectivity index (χ4v) is 4.07. The van der Waals surface area contributed by atoms with E-state index in [2.05, 4.69) is 10.6 Å². The predicted molar refractivity (Wildman–Crippen MR) is 97.8 cm³/mol. The Morgan fingerprint density at radius 1 is 1.20 bits per heavy atom. The molecular weight excluding hydrogens is 314 g/mol. The van der Waals surface area contributed by atoms with Crippen molar-refractivity contribution in [1.82, 2.24) is 15.5 Å². The van der Waals surface area contributed by atoms with Crippen LogP contribution in [0.15, 0.2) is 30.3 Å². The van der Waals surface area contributed by atoms with E-state index >= 15 is 0 Å². The molecule has 136 valence electrons. The second-order valence-corrected chi connectivity index (χ2v) is 7.38. The summed E-state index contributed by atoms with van der Waals surface area (Å²) >= 11 is 0. The summed E-state index contributed by atoms with van der Waals surface area (Å²) in [6.07, 6.45) is 6.28. The molecule has 2 fully saturated rings. The molecule has 1 aromatic carbocycles. The average Bonchev–Trinajstić information content (AvgIpc) is 3.06. The molecule has 1 saturated heterocycles. The Labute approximate surface area is 150 Å². The summed E-state index contributed by atoms with van der Waals surface area (Å²) in [4.78, 5) is 26.3. The smallest absolute Gasteiger partial charge is 0.237 e. The Morgan fingerprint density at radius 3 is 2.72 bits per heavy atom. The van der Waals surface area contributed by atoms with Crippen molar-refractivity contribution < 1.29 is 9.59 Å². The largest absolute Gasteiger partial charge is 0.354 e. The van der Waals surface area contributed by atoms with Crippen molar-refractivity contribution in [3.8, 4) is 0 Å². The molecule has 5 nitrogen and oxygen atoms in total. The van der Waals surface area contributed by atoms with Gasteiger partial charge in [-0.3, -0.25) is 9.59 Å². The molecular formula is C20H29N3O2. The van der Waals surface area contributed by atoms with E-state index in [4.69, 9.17) is 0 Å². The molecule has 2 N–H and O–H groups in total. The van der Waals surface area contributed by atoms with Gasteiger partial charge in [0, 0.05) is 32.6 Å². The van der Waals surface area contributed by atoms with Crippen molar-refractivity contribution in [1.29, 1.82) is 0 Å². The lowest BCUT2D eigenvalue weighted by molar-refractivity contribution is -0.130. The first-order valence-electron chi connectivity index (χ1n) is 9.45. The van der Waals surface area contributed by atoms with Crippen LogP contribution in [-0.4, -0.2) is 42.4 Å². The molecule has 0 radical (unpaired) electrons. The van der Waals surface area contributed by atoms with Crippen LogP contribution in [0, 0.1) is 5.92 Å². The SMILES string of the molecule is CN(Cc1ccccc1)C(=O)CCNC(=O)C1CC2CCCCC2N1. The van der Waals surface area contributed by atoms with E-state index in [1.807, 2.05) is 30.3 Å². The number of hydrogen-bond acceptors (Lipinski definition) is 3. The van der Waals surface area contributed by atoms with E-state index in [1.165, 1.54) is 25.7 Å². The summed E-state index contributed by atoms with van der Waals surface area (Å²) in [5, 5.41) is 6.41. The minimum Gasteiger partial charge on any atom is -0.354 e. The number of amides is 2. The van der Waals surface area contributed by atoms with Gasteiger partial charge in [0.25, 0.3) is 0 Å². The molecule has 3 unspecified atom stereocenters. The lowest BCUT2D eigenvalue weighted by atomic mass is 9.85. The van der Waals surface area contributed by atoms with Gasteiger partial charge in [0.15, 0.2) is 0 Å². The van der Waals surface area contributed by atoms with Crippen molar-refractivity contribution in [3.05, 3.63) is 35.9 Å². The quantitative estimate of drug-likeness (QED) is 0.831. The van der Waals surface area contributed by atoms with E-state index in [9.17, 15) is 9.59 Å². The second-order valence-electron chi connectivity index (χ2n) is 7.38. The lowest BCUT2D eigenvalue weighted by Gasteiger charge is -2.24.